The molecule has 0 aromatic heterocycles. The van der Waals surface area contributed by atoms with Gasteiger partial charge in [-0.3, -0.25) is 4.79 Å². The van der Waals surface area contributed by atoms with Crippen LogP contribution in [-0.2, 0) is 4.79 Å². The van der Waals surface area contributed by atoms with Crippen LogP contribution in [0.3, 0.4) is 0 Å². The Morgan fingerprint density at radius 2 is 1.72 bits per heavy atom. The molecule has 0 radical (unpaired) electrons. The smallest absolute Gasteiger partial charge is 0.258 e. The summed E-state index contributed by atoms with van der Waals surface area (Å²) >= 11 is 0. The molecule has 0 atom stereocenters. The summed E-state index contributed by atoms with van der Waals surface area (Å²) < 4.78 is 11.3. The fourth-order valence-corrected chi connectivity index (χ4v) is 2.66. The van der Waals surface area contributed by atoms with Crippen molar-refractivity contribution in [3.8, 4) is 11.5 Å². The summed E-state index contributed by atoms with van der Waals surface area (Å²) in [5.41, 5.74) is 3.43. The van der Waals surface area contributed by atoms with E-state index in [-0.39, 0.29) is 12.5 Å². The van der Waals surface area contributed by atoms with Crippen molar-refractivity contribution < 1.29 is 14.3 Å². The minimum absolute atomic E-state index is 0.00723. The second kappa shape index (κ2) is 9.11. The predicted molar refractivity (Wildman–Crippen MR) is 100 cm³/mol. The van der Waals surface area contributed by atoms with Crippen LogP contribution in [0.5, 0.6) is 11.5 Å². The van der Waals surface area contributed by atoms with Gasteiger partial charge in [-0.15, -0.1) is 0 Å². The molecule has 0 saturated heterocycles. The Morgan fingerprint density at radius 1 is 1.04 bits per heavy atom. The predicted octanol–water partition coefficient (Wildman–Crippen LogP) is 4.00. The van der Waals surface area contributed by atoms with Gasteiger partial charge in [-0.1, -0.05) is 38.1 Å². The Bertz CT molecular complexity index is 690. The monoisotopic (exact) mass is 341 g/mol. The highest BCUT2D eigenvalue weighted by Crippen LogP contribution is 2.25. The highest BCUT2D eigenvalue weighted by Gasteiger charge is 2.09. The second-order valence-corrected chi connectivity index (χ2v) is 6.50. The van der Waals surface area contributed by atoms with Crippen LogP contribution in [0.1, 0.15) is 36.5 Å². The number of hydrogen-bond acceptors (Lipinski definition) is 3. The third-order valence-corrected chi connectivity index (χ3v) is 3.79. The molecule has 0 heterocycles. The van der Waals surface area contributed by atoms with E-state index in [2.05, 4.69) is 25.2 Å². The maximum Gasteiger partial charge on any atom is 0.258 e. The molecule has 2 aromatic carbocycles. The van der Waals surface area contributed by atoms with Gasteiger partial charge in [-0.05, 0) is 54.7 Å². The Labute approximate surface area is 150 Å². The minimum Gasteiger partial charge on any atom is -0.492 e. The van der Waals surface area contributed by atoms with E-state index in [0.717, 1.165) is 28.2 Å². The molecule has 25 heavy (non-hydrogen) atoms. The lowest BCUT2D eigenvalue weighted by atomic mass is 10.0. The molecule has 2 rings (SSSR count). The summed E-state index contributed by atoms with van der Waals surface area (Å²) in [5.74, 6) is 1.79. The van der Waals surface area contributed by atoms with Crippen LogP contribution < -0.4 is 14.8 Å². The average Bonchev–Trinajstić information content (AvgIpc) is 2.56. The molecule has 0 unspecified atom stereocenters. The number of aryl methyl sites for hydroxylation is 2. The first-order chi connectivity index (χ1) is 12.0. The van der Waals surface area contributed by atoms with Crippen LogP contribution in [0, 0.1) is 13.8 Å². The zero-order chi connectivity index (χ0) is 18.2. The second-order valence-electron chi connectivity index (χ2n) is 6.50. The van der Waals surface area contributed by atoms with Crippen LogP contribution in [0.2, 0.25) is 0 Å². The molecule has 1 N–H and O–H groups in total. The zero-order valence-electron chi connectivity index (χ0n) is 15.5. The van der Waals surface area contributed by atoms with Gasteiger partial charge in [-0.2, -0.15) is 0 Å². The number of carbonyl (C=O) groups is 1. The van der Waals surface area contributed by atoms with Crippen molar-refractivity contribution in [1.82, 2.24) is 5.32 Å². The van der Waals surface area contributed by atoms with E-state index in [4.69, 9.17) is 9.47 Å². The number of para-hydroxylation sites is 1. The molecular weight excluding hydrogens is 314 g/mol. The number of carbonyl (C=O) groups excluding carboxylic acids is 1. The van der Waals surface area contributed by atoms with Crippen molar-refractivity contribution in [1.29, 1.82) is 0 Å². The van der Waals surface area contributed by atoms with Crippen molar-refractivity contribution >= 4 is 5.91 Å². The van der Waals surface area contributed by atoms with E-state index in [9.17, 15) is 4.79 Å². The van der Waals surface area contributed by atoms with Gasteiger partial charge in [0, 0.05) is 0 Å². The zero-order valence-corrected chi connectivity index (χ0v) is 15.5. The van der Waals surface area contributed by atoms with E-state index in [1.165, 1.54) is 0 Å². The van der Waals surface area contributed by atoms with Crippen molar-refractivity contribution in [3.63, 3.8) is 0 Å². The summed E-state index contributed by atoms with van der Waals surface area (Å²) in [7, 11) is 0. The molecule has 0 aliphatic heterocycles. The normalized spacial score (nSPS) is 10.6. The number of hydrogen-bond donors (Lipinski definition) is 1. The van der Waals surface area contributed by atoms with Gasteiger partial charge < -0.3 is 14.8 Å². The molecule has 4 nitrogen and oxygen atoms in total. The molecule has 1 amide bonds. The first-order valence-electron chi connectivity index (χ1n) is 8.65. The van der Waals surface area contributed by atoms with Crippen molar-refractivity contribution in [2.45, 2.75) is 33.6 Å². The summed E-state index contributed by atoms with van der Waals surface area (Å²) in [6.45, 7) is 9.16. The Hall–Kier alpha value is -2.49. The molecule has 134 valence electrons. The standard InChI is InChI=1S/C21H27NO3/c1-15(2)19-7-5-6-8-20(19)25-14-21(23)22-9-10-24-18-12-16(3)11-17(4)13-18/h5-8,11-13,15H,9-10,14H2,1-4H3,(H,22,23). The Balaban J connectivity index is 1.72. The van der Waals surface area contributed by atoms with E-state index < -0.39 is 0 Å². The minimum atomic E-state index is -0.150. The number of rotatable bonds is 8. The number of nitrogens with one attached hydrogen (secondary N) is 1. The maximum absolute atomic E-state index is 11.9. The van der Waals surface area contributed by atoms with Gasteiger partial charge in [0.15, 0.2) is 6.61 Å². The van der Waals surface area contributed by atoms with Crippen LogP contribution >= 0.6 is 0 Å². The molecule has 0 spiro atoms. The average molecular weight is 341 g/mol. The fourth-order valence-electron chi connectivity index (χ4n) is 2.66. The molecule has 2 aromatic rings. The molecule has 0 aliphatic carbocycles. The largest absolute Gasteiger partial charge is 0.492 e. The molecule has 4 heteroatoms. The highest BCUT2D eigenvalue weighted by molar-refractivity contribution is 5.77. The van der Waals surface area contributed by atoms with Gasteiger partial charge in [0.05, 0.1) is 6.54 Å². The summed E-state index contributed by atoms with van der Waals surface area (Å²) in [6, 6.07) is 13.9. The van der Waals surface area contributed by atoms with E-state index in [1.807, 2.05) is 50.2 Å². The van der Waals surface area contributed by atoms with E-state index >= 15 is 0 Å². The highest BCUT2D eigenvalue weighted by atomic mass is 16.5. The van der Waals surface area contributed by atoms with Crippen LogP contribution in [0.4, 0.5) is 0 Å². The molecule has 0 saturated carbocycles. The van der Waals surface area contributed by atoms with Crippen LogP contribution in [0.15, 0.2) is 42.5 Å². The number of benzene rings is 2. The van der Waals surface area contributed by atoms with Crippen LogP contribution in [0.25, 0.3) is 0 Å². The lowest BCUT2D eigenvalue weighted by Crippen LogP contribution is -2.32. The first kappa shape index (κ1) is 18.8. The summed E-state index contributed by atoms with van der Waals surface area (Å²) in [6.07, 6.45) is 0. The van der Waals surface area contributed by atoms with Crippen molar-refractivity contribution in [2.24, 2.45) is 0 Å². The quantitative estimate of drug-likeness (QED) is 0.738. The van der Waals surface area contributed by atoms with Crippen molar-refractivity contribution in [3.05, 3.63) is 59.2 Å². The fraction of sp³-hybridized carbons (Fsp3) is 0.381. The molecule has 0 aliphatic rings. The Kier molecular flexibility index (Phi) is 6.87. The van der Waals surface area contributed by atoms with Gasteiger partial charge >= 0.3 is 0 Å². The number of ether oxygens (including phenoxy) is 2. The third-order valence-electron chi connectivity index (χ3n) is 3.79. The molecular formula is C21H27NO3. The van der Waals surface area contributed by atoms with Crippen LogP contribution in [-0.4, -0.2) is 25.7 Å². The SMILES string of the molecule is Cc1cc(C)cc(OCCNC(=O)COc2ccccc2C(C)C)c1. The Morgan fingerprint density at radius 3 is 2.40 bits per heavy atom. The summed E-state index contributed by atoms with van der Waals surface area (Å²) in [5, 5.41) is 2.81. The summed E-state index contributed by atoms with van der Waals surface area (Å²) in [4.78, 5) is 11.9. The van der Waals surface area contributed by atoms with Gasteiger partial charge in [0.25, 0.3) is 5.91 Å². The topological polar surface area (TPSA) is 47.6 Å². The number of amides is 1. The molecule has 0 bridgehead atoms. The van der Waals surface area contributed by atoms with Gasteiger partial charge in [-0.25, -0.2) is 0 Å². The lowest BCUT2D eigenvalue weighted by Gasteiger charge is -2.14. The van der Waals surface area contributed by atoms with E-state index in [0.29, 0.717) is 19.1 Å². The lowest BCUT2D eigenvalue weighted by molar-refractivity contribution is -0.123. The van der Waals surface area contributed by atoms with Crippen molar-refractivity contribution in [2.75, 3.05) is 19.8 Å². The molecule has 0 fully saturated rings. The first-order valence-corrected chi connectivity index (χ1v) is 8.65. The maximum atomic E-state index is 11.9. The van der Waals surface area contributed by atoms with Gasteiger partial charge in [0.2, 0.25) is 0 Å². The van der Waals surface area contributed by atoms with Gasteiger partial charge in [0.1, 0.15) is 18.1 Å². The third kappa shape index (κ3) is 6.14. The van der Waals surface area contributed by atoms with E-state index in [1.54, 1.807) is 0 Å².